The zero-order chi connectivity index (χ0) is 26.6. The number of anilines is 1. The Morgan fingerprint density at radius 1 is 0.947 bits per heavy atom. The van der Waals surface area contributed by atoms with Crippen LogP contribution in [-0.2, 0) is 22.6 Å². The number of halogens is 1. The molecule has 1 aromatic heterocycles. The molecule has 3 aromatic carbocycles. The van der Waals surface area contributed by atoms with Gasteiger partial charge >= 0.3 is 6.03 Å². The minimum atomic E-state index is -0.879. The van der Waals surface area contributed by atoms with Crippen LogP contribution in [0.25, 0.3) is 17.0 Å². The van der Waals surface area contributed by atoms with Gasteiger partial charge < -0.3 is 9.30 Å². The first-order valence-corrected chi connectivity index (χ1v) is 12.4. The topological polar surface area (TPSA) is 80.6 Å². The van der Waals surface area contributed by atoms with Gasteiger partial charge in [0.15, 0.2) is 0 Å². The quantitative estimate of drug-likeness (QED) is 0.193. The predicted octanol–water partition coefficient (Wildman–Crippen LogP) is 5.48. The van der Waals surface area contributed by atoms with Crippen LogP contribution >= 0.6 is 0 Å². The van der Waals surface area contributed by atoms with Crippen molar-refractivity contribution in [3.05, 3.63) is 102 Å². The molecule has 0 radical (unpaired) electrons. The fraction of sp³-hybridized carbons (Fsp3) is 0.167. The summed E-state index contributed by atoms with van der Waals surface area (Å²) >= 11 is 0. The van der Waals surface area contributed by atoms with E-state index >= 15 is 0 Å². The van der Waals surface area contributed by atoms with Gasteiger partial charge in [0, 0.05) is 29.2 Å². The van der Waals surface area contributed by atoms with Gasteiger partial charge in [0.05, 0.1) is 12.3 Å². The van der Waals surface area contributed by atoms with Crippen molar-refractivity contribution < 1.29 is 23.5 Å². The maximum atomic E-state index is 13.4. The summed E-state index contributed by atoms with van der Waals surface area (Å²) in [4.78, 5) is 39.1. The number of barbiturate groups is 1. The van der Waals surface area contributed by atoms with E-state index in [0.29, 0.717) is 18.7 Å². The van der Waals surface area contributed by atoms with E-state index in [-0.39, 0.29) is 11.3 Å². The summed E-state index contributed by atoms with van der Waals surface area (Å²) in [6.07, 6.45) is 5.10. The van der Waals surface area contributed by atoms with Crippen LogP contribution in [0.2, 0.25) is 0 Å². The van der Waals surface area contributed by atoms with Crippen LogP contribution in [0.15, 0.2) is 84.6 Å². The third-order valence-corrected chi connectivity index (χ3v) is 6.45. The number of aryl methyl sites for hydroxylation is 2. The molecule has 192 valence electrons. The lowest BCUT2D eigenvalue weighted by molar-refractivity contribution is -0.122. The number of rotatable bonds is 8. The van der Waals surface area contributed by atoms with Crippen LogP contribution in [0, 0.1) is 5.82 Å². The summed E-state index contributed by atoms with van der Waals surface area (Å²) in [5.41, 5.74) is 2.85. The fourth-order valence-corrected chi connectivity index (χ4v) is 4.46. The van der Waals surface area contributed by atoms with Crippen molar-refractivity contribution in [3.63, 3.8) is 0 Å². The Balaban J connectivity index is 1.37. The van der Waals surface area contributed by atoms with E-state index in [4.69, 9.17) is 4.74 Å². The lowest BCUT2D eigenvalue weighted by atomic mass is 10.1. The van der Waals surface area contributed by atoms with Crippen LogP contribution < -0.4 is 15.0 Å². The number of imide groups is 2. The molecule has 0 unspecified atom stereocenters. The largest absolute Gasteiger partial charge is 0.494 e. The van der Waals surface area contributed by atoms with Crippen molar-refractivity contribution >= 4 is 40.5 Å². The molecule has 5 rings (SSSR count). The number of nitrogens with zero attached hydrogens (tertiary/aromatic N) is 2. The molecule has 1 N–H and O–H groups in total. The highest BCUT2D eigenvalue weighted by atomic mass is 19.1. The van der Waals surface area contributed by atoms with E-state index in [1.54, 1.807) is 0 Å². The van der Waals surface area contributed by atoms with Crippen molar-refractivity contribution in [2.75, 3.05) is 11.5 Å². The number of benzene rings is 3. The van der Waals surface area contributed by atoms with Gasteiger partial charge in [0.2, 0.25) is 0 Å². The van der Waals surface area contributed by atoms with Crippen LogP contribution in [0.4, 0.5) is 14.9 Å². The van der Waals surface area contributed by atoms with Crippen LogP contribution in [-0.4, -0.2) is 29.0 Å². The second kappa shape index (κ2) is 10.7. The smallest absolute Gasteiger partial charge is 0.335 e. The molecule has 7 nitrogen and oxygen atoms in total. The number of fused-ring (bicyclic) bond motifs is 1. The zero-order valence-electron chi connectivity index (χ0n) is 20.8. The van der Waals surface area contributed by atoms with Crippen LogP contribution in [0.5, 0.6) is 5.75 Å². The van der Waals surface area contributed by atoms with Gasteiger partial charge in [-0.2, -0.15) is 0 Å². The fourth-order valence-electron chi connectivity index (χ4n) is 4.46. The van der Waals surface area contributed by atoms with Crippen molar-refractivity contribution in [2.45, 2.75) is 26.3 Å². The molecule has 0 bridgehead atoms. The molecule has 0 saturated carbocycles. The maximum Gasteiger partial charge on any atom is 0.335 e. The summed E-state index contributed by atoms with van der Waals surface area (Å²) in [6, 6.07) is 19.8. The number of carbonyl (C=O) groups is 3. The lowest BCUT2D eigenvalue weighted by Crippen LogP contribution is -2.54. The van der Waals surface area contributed by atoms with Gasteiger partial charge in [-0.15, -0.1) is 0 Å². The van der Waals surface area contributed by atoms with E-state index < -0.39 is 23.7 Å². The molecule has 38 heavy (non-hydrogen) atoms. The number of hydrogen-bond acceptors (Lipinski definition) is 4. The molecule has 0 atom stereocenters. The standard InChI is InChI=1S/C30H26FN3O4/c1-2-20-8-14-24(15-9-20)38-17-5-16-33-19-21(25-6-3-4-7-27(25)33)18-26-28(35)32-30(37)34(29(26)36)23-12-10-22(31)11-13-23/h3-4,6-15,18-19H,2,5,16-17H2,1H3,(H,32,35,37)/b26-18-. The molecule has 0 aliphatic carbocycles. The van der Waals surface area contributed by atoms with E-state index in [9.17, 15) is 18.8 Å². The number of amides is 4. The van der Waals surface area contributed by atoms with Crippen LogP contribution in [0.3, 0.4) is 0 Å². The minimum absolute atomic E-state index is 0.166. The number of hydrogen-bond donors (Lipinski definition) is 1. The van der Waals surface area contributed by atoms with Gasteiger partial charge in [-0.05, 0) is 66.9 Å². The number of nitrogens with one attached hydrogen (secondary N) is 1. The Kier molecular flexibility index (Phi) is 7.04. The van der Waals surface area contributed by atoms with E-state index in [1.807, 2.05) is 42.6 Å². The van der Waals surface area contributed by atoms with Crippen molar-refractivity contribution in [3.8, 4) is 5.75 Å². The van der Waals surface area contributed by atoms with Gasteiger partial charge in [-0.3, -0.25) is 14.9 Å². The average Bonchev–Trinajstić information content (AvgIpc) is 3.27. The molecule has 1 aliphatic heterocycles. The molecular formula is C30H26FN3O4. The third kappa shape index (κ3) is 5.06. The number of para-hydroxylation sites is 1. The predicted molar refractivity (Wildman–Crippen MR) is 143 cm³/mol. The Bertz CT molecular complexity index is 1540. The Morgan fingerprint density at radius 3 is 2.42 bits per heavy atom. The van der Waals surface area contributed by atoms with Gasteiger partial charge in [-0.25, -0.2) is 14.1 Å². The molecular weight excluding hydrogens is 485 g/mol. The lowest BCUT2D eigenvalue weighted by Gasteiger charge is -2.26. The molecule has 1 aliphatic rings. The highest BCUT2D eigenvalue weighted by Gasteiger charge is 2.37. The number of aromatic nitrogens is 1. The second-order valence-corrected chi connectivity index (χ2v) is 8.93. The molecule has 0 spiro atoms. The highest BCUT2D eigenvalue weighted by Crippen LogP contribution is 2.27. The number of ether oxygens (including phenoxy) is 1. The van der Waals surface area contributed by atoms with E-state index in [1.165, 1.54) is 23.8 Å². The second-order valence-electron chi connectivity index (χ2n) is 8.93. The van der Waals surface area contributed by atoms with Gasteiger partial charge in [0.1, 0.15) is 17.1 Å². The maximum absolute atomic E-state index is 13.4. The molecule has 1 fully saturated rings. The first kappa shape index (κ1) is 25.0. The zero-order valence-corrected chi connectivity index (χ0v) is 20.8. The van der Waals surface area contributed by atoms with Gasteiger partial charge in [-0.1, -0.05) is 37.3 Å². The first-order chi connectivity index (χ1) is 18.4. The van der Waals surface area contributed by atoms with E-state index in [0.717, 1.165) is 46.5 Å². The summed E-state index contributed by atoms with van der Waals surface area (Å²) in [6.45, 7) is 3.31. The molecule has 8 heteroatoms. The SMILES string of the molecule is CCc1ccc(OCCCn2cc(/C=C3/C(=O)NC(=O)N(c4ccc(F)cc4)C3=O)c3ccccc32)cc1. The average molecular weight is 512 g/mol. The number of urea groups is 1. The summed E-state index contributed by atoms with van der Waals surface area (Å²) in [5, 5.41) is 3.07. The monoisotopic (exact) mass is 511 g/mol. The van der Waals surface area contributed by atoms with Gasteiger partial charge in [0.25, 0.3) is 11.8 Å². The Hall–Kier alpha value is -4.72. The van der Waals surface area contributed by atoms with Crippen LogP contribution in [0.1, 0.15) is 24.5 Å². The third-order valence-electron chi connectivity index (χ3n) is 6.45. The Morgan fingerprint density at radius 2 is 1.68 bits per heavy atom. The Labute approximate surface area is 219 Å². The number of carbonyl (C=O) groups excluding carboxylic acids is 3. The molecule has 2 heterocycles. The van der Waals surface area contributed by atoms with Crippen molar-refractivity contribution in [1.82, 2.24) is 9.88 Å². The molecule has 1 saturated heterocycles. The first-order valence-electron chi connectivity index (χ1n) is 12.4. The highest BCUT2D eigenvalue weighted by molar-refractivity contribution is 6.39. The minimum Gasteiger partial charge on any atom is -0.494 e. The van der Waals surface area contributed by atoms with E-state index in [2.05, 4.69) is 28.9 Å². The summed E-state index contributed by atoms with van der Waals surface area (Å²) in [5.74, 6) is -1.23. The summed E-state index contributed by atoms with van der Waals surface area (Å²) in [7, 11) is 0. The van der Waals surface area contributed by atoms with Crippen molar-refractivity contribution in [2.24, 2.45) is 0 Å². The molecule has 4 aromatic rings. The normalized spacial score (nSPS) is 14.8. The summed E-state index contributed by atoms with van der Waals surface area (Å²) < 4.78 is 21.3. The molecule has 4 amide bonds. The van der Waals surface area contributed by atoms with Crippen molar-refractivity contribution in [1.29, 1.82) is 0 Å².